The van der Waals surface area contributed by atoms with Crippen LogP contribution >= 0.6 is 15.9 Å². The van der Waals surface area contributed by atoms with Crippen LogP contribution in [0.2, 0.25) is 0 Å². The van der Waals surface area contributed by atoms with E-state index < -0.39 is 22.6 Å². The smallest absolute Gasteiger partial charge is 0.142 e. The molecule has 0 aliphatic heterocycles. The van der Waals surface area contributed by atoms with Crippen LogP contribution in [0.25, 0.3) is 0 Å². The Labute approximate surface area is 116 Å². The van der Waals surface area contributed by atoms with E-state index in [2.05, 4.69) is 20.3 Å². The zero-order valence-corrected chi connectivity index (χ0v) is 12.7. The maximum absolute atomic E-state index is 13.6. The van der Waals surface area contributed by atoms with Crippen molar-refractivity contribution in [2.45, 2.75) is 32.4 Å². The Hall–Kier alpha value is -0.620. The summed E-state index contributed by atoms with van der Waals surface area (Å²) in [6, 6.07) is 2.09. The van der Waals surface area contributed by atoms with Gasteiger partial charge in [-0.25, -0.2) is 13.0 Å². The van der Waals surface area contributed by atoms with Crippen molar-refractivity contribution in [1.29, 1.82) is 0 Å². The fourth-order valence-corrected chi connectivity index (χ4v) is 2.39. The van der Waals surface area contributed by atoms with Gasteiger partial charge in [0.05, 0.1) is 15.4 Å². The van der Waals surface area contributed by atoms with E-state index in [4.69, 9.17) is 0 Å². The molecule has 0 fully saturated rings. The summed E-state index contributed by atoms with van der Waals surface area (Å²) in [7, 11) is -1.40. The summed E-state index contributed by atoms with van der Waals surface area (Å²) in [6.45, 7) is 5.27. The Morgan fingerprint density at radius 1 is 1.44 bits per heavy atom. The highest BCUT2D eigenvalue weighted by Crippen LogP contribution is 2.21. The second kappa shape index (κ2) is 6.52. The summed E-state index contributed by atoms with van der Waals surface area (Å²) < 4.78 is 42.5. The Morgan fingerprint density at radius 2 is 2.06 bits per heavy atom. The lowest BCUT2D eigenvalue weighted by atomic mass is 10.1. The Bertz CT molecular complexity index is 505. The van der Waals surface area contributed by atoms with Gasteiger partial charge < -0.3 is 0 Å². The largest absolute Gasteiger partial charge is 0.235 e. The molecule has 1 aromatic carbocycles. The normalized spacial score (nSPS) is 15.6. The molecule has 100 valence electrons. The number of halogens is 3. The first-order valence-corrected chi connectivity index (χ1v) is 7.44. The van der Waals surface area contributed by atoms with Crippen molar-refractivity contribution < 1.29 is 13.0 Å². The molecule has 6 heteroatoms. The average Bonchev–Trinajstić information content (AvgIpc) is 2.32. The molecule has 0 aromatic heterocycles. The molecule has 0 radical (unpaired) electrons. The van der Waals surface area contributed by atoms with Gasteiger partial charge >= 0.3 is 0 Å². The van der Waals surface area contributed by atoms with Gasteiger partial charge in [-0.05, 0) is 42.3 Å². The van der Waals surface area contributed by atoms with Crippen LogP contribution < -0.4 is 0 Å². The van der Waals surface area contributed by atoms with Crippen LogP contribution in [0, 0.1) is 11.6 Å². The van der Waals surface area contributed by atoms with E-state index in [0.29, 0.717) is 5.71 Å². The zero-order chi connectivity index (χ0) is 13.9. The first-order valence-electron chi connectivity index (χ1n) is 5.47. The summed E-state index contributed by atoms with van der Waals surface area (Å²) in [6.07, 6.45) is 0.721. The SMILES string of the molecule is CC[C@@H](C)S(=O)N=C(C)c1cc(Br)c(F)cc1F. The summed E-state index contributed by atoms with van der Waals surface area (Å²) in [4.78, 5) is 0. The minimum atomic E-state index is -1.40. The molecule has 18 heavy (non-hydrogen) atoms. The molecule has 2 atom stereocenters. The van der Waals surface area contributed by atoms with Gasteiger partial charge in [0.25, 0.3) is 0 Å². The van der Waals surface area contributed by atoms with Crippen molar-refractivity contribution >= 4 is 32.6 Å². The predicted octanol–water partition coefficient (Wildman–Crippen LogP) is 4.00. The van der Waals surface area contributed by atoms with Gasteiger partial charge in [-0.15, -0.1) is 0 Å². The third kappa shape index (κ3) is 3.68. The molecular formula is C12H14BrF2NOS. The van der Waals surface area contributed by atoms with Crippen molar-refractivity contribution in [3.8, 4) is 0 Å². The summed E-state index contributed by atoms with van der Waals surface area (Å²) in [5.74, 6) is -1.38. The van der Waals surface area contributed by atoms with Crippen molar-refractivity contribution in [2.75, 3.05) is 0 Å². The van der Waals surface area contributed by atoms with Crippen LogP contribution in [0.15, 0.2) is 21.0 Å². The molecule has 1 aromatic rings. The molecule has 0 spiro atoms. The molecule has 0 amide bonds. The van der Waals surface area contributed by atoms with E-state index >= 15 is 0 Å². The highest BCUT2D eigenvalue weighted by Gasteiger charge is 2.13. The first-order chi connectivity index (χ1) is 8.36. The molecule has 0 saturated carbocycles. The van der Waals surface area contributed by atoms with E-state index in [-0.39, 0.29) is 15.3 Å². The molecule has 0 bridgehead atoms. The number of hydrogen-bond acceptors (Lipinski definition) is 1. The lowest BCUT2D eigenvalue weighted by Gasteiger charge is -2.07. The standard InChI is InChI=1S/C12H14BrF2NOS/c1-4-7(2)18(17)16-8(3)9-5-10(13)12(15)6-11(9)14/h5-7H,4H2,1-3H3/t7-,18?/m1/s1. The molecule has 0 aliphatic carbocycles. The molecule has 2 nitrogen and oxygen atoms in total. The molecular weight excluding hydrogens is 324 g/mol. The molecule has 0 aliphatic rings. The summed E-state index contributed by atoms with van der Waals surface area (Å²) >= 11 is 2.98. The highest BCUT2D eigenvalue weighted by atomic mass is 79.9. The second-order valence-electron chi connectivity index (χ2n) is 3.92. The van der Waals surface area contributed by atoms with Gasteiger partial charge in [-0.3, -0.25) is 0 Å². The van der Waals surface area contributed by atoms with Crippen molar-refractivity contribution in [1.82, 2.24) is 0 Å². The van der Waals surface area contributed by atoms with E-state index in [9.17, 15) is 13.0 Å². The molecule has 1 unspecified atom stereocenters. The Kier molecular flexibility index (Phi) is 5.59. The minimum absolute atomic E-state index is 0.0908. The van der Waals surface area contributed by atoms with E-state index in [0.717, 1.165) is 12.5 Å². The molecule has 0 saturated heterocycles. The molecule has 1 rings (SSSR count). The molecule has 0 N–H and O–H groups in total. The third-order valence-electron chi connectivity index (χ3n) is 2.55. The van der Waals surface area contributed by atoms with Crippen molar-refractivity contribution in [3.05, 3.63) is 33.8 Å². The van der Waals surface area contributed by atoms with Gasteiger partial charge in [0, 0.05) is 11.6 Å². The highest BCUT2D eigenvalue weighted by molar-refractivity contribution is 9.10. The van der Waals surface area contributed by atoms with Gasteiger partial charge in [0.2, 0.25) is 0 Å². The number of rotatable bonds is 4. The summed E-state index contributed by atoms with van der Waals surface area (Å²) in [5.41, 5.74) is 0.451. The van der Waals surface area contributed by atoms with Crippen molar-refractivity contribution in [2.24, 2.45) is 4.40 Å². The van der Waals surface area contributed by atoms with E-state index in [1.54, 1.807) is 6.92 Å². The monoisotopic (exact) mass is 337 g/mol. The lowest BCUT2D eigenvalue weighted by Crippen LogP contribution is -2.10. The number of benzene rings is 1. The Morgan fingerprint density at radius 3 is 2.61 bits per heavy atom. The van der Waals surface area contributed by atoms with Gasteiger partial charge in [-0.1, -0.05) is 6.92 Å². The number of hydrogen-bond donors (Lipinski definition) is 0. The van der Waals surface area contributed by atoms with E-state index in [1.807, 2.05) is 13.8 Å². The zero-order valence-electron chi connectivity index (χ0n) is 10.3. The fraction of sp³-hybridized carbons (Fsp3) is 0.417. The molecule has 0 heterocycles. The maximum atomic E-state index is 13.6. The van der Waals surface area contributed by atoms with E-state index in [1.165, 1.54) is 6.07 Å². The van der Waals surface area contributed by atoms with Crippen LogP contribution in [0.4, 0.5) is 8.78 Å². The fourth-order valence-electron chi connectivity index (χ4n) is 1.22. The first kappa shape index (κ1) is 15.4. The third-order valence-corrected chi connectivity index (χ3v) is 4.63. The Balaban J connectivity index is 3.11. The van der Waals surface area contributed by atoms with Gasteiger partial charge in [0.15, 0.2) is 0 Å². The van der Waals surface area contributed by atoms with Crippen LogP contribution in [0.5, 0.6) is 0 Å². The van der Waals surface area contributed by atoms with Crippen LogP contribution in [0.3, 0.4) is 0 Å². The predicted molar refractivity (Wildman–Crippen MR) is 74.2 cm³/mol. The summed E-state index contributed by atoms with van der Waals surface area (Å²) in [5, 5.41) is -0.0908. The minimum Gasteiger partial charge on any atom is -0.235 e. The van der Waals surface area contributed by atoms with Crippen LogP contribution in [0.1, 0.15) is 32.8 Å². The van der Waals surface area contributed by atoms with Crippen LogP contribution in [-0.2, 0) is 11.0 Å². The number of nitrogens with zero attached hydrogens (tertiary/aromatic N) is 1. The van der Waals surface area contributed by atoms with Crippen molar-refractivity contribution in [3.63, 3.8) is 0 Å². The second-order valence-corrected chi connectivity index (χ2v) is 6.31. The van der Waals surface area contributed by atoms with Gasteiger partial charge in [0.1, 0.15) is 22.6 Å². The topological polar surface area (TPSA) is 29.4 Å². The average molecular weight is 338 g/mol. The van der Waals surface area contributed by atoms with Gasteiger partial charge in [-0.2, -0.15) is 4.40 Å². The lowest BCUT2D eigenvalue weighted by molar-refractivity contribution is 0.577. The van der Waals surface area contributed by atoms with Crippen LogP contribution in [-0.4, -0.2) is 15.2 Å². The quantitative estimate of drug-likeness (QED) is 0.603. The maximum Gasteiger partial charge on any atom is 0.142 e.